The highest BCUT2D eigenvalue weighted by Crippen LogP contribution is 2.37. The first kappa shape index (κ1) is 17.8. The van der Waals surface area contributed by atoms with E-state index in [1.165, 1.54) is 22.7 Å². The van der Waals surface area contributed by atoms with Crippen LogP contribution in [0, 0.1) is 11.6 Å². The Bertz CT molecular complexity index is 1390. The van der Waals surface area contributed by atoms with Crippen LogP contribution in [0.5, 0.6) is 0 Å². The number of fused-ring (bicyclic) bond motifs is 2. The van der Waals surface area contributed by atoms with Crippen molar-refractivity contribution in [1.82, 2.24) is 29.8 Å². The molecule has 5 heterocycles. The summed E-state index contributed by atoms with van der Waals surface area (Å²) in [6, 6.07) is 10.4. The van der Waals surface area contributed by atoms with Crippen LogP contribution in [0.15, 0.2) is 59.4 Å². The quantitative estimate of drug-likeness (QED) is 0.481. The van der Waals surface area contributed by atoms with Crippen molar-refractivity contribution in [1.29, 1.82) is 0 Å². The zero-order valence-corrected chi connectivity index (χ0v) is 16.0. The monoisotopic (exact) mass is 419 g/mol. The molecule has 10 heteroatoms. The van der Waals surface area contributed by atoms with Gasteiger partial charge in [-0.15, -0.1) is 5.10 Å². The maximum Gasteiger partial charge on any atom is 0.319 e. The van der Waals surface area contributed by atoms with Gasteiger partial charge in [0.05, 0.1) is 17.7 Å². The molecule has 0 saturated heterocycles. The number of hydrogen-bond acceptors (Lipinski definition) is 6. The summed E-state index contributed by atoms with van der Waals surface area (Å²) in [6.07, 6.45) is 4.02. The van der Waals surface area contributed by atoms with Crippen molar-refractivity contribution in [3.8, 4) is 11.5 Å². The number of aromatic amines is 1. The van der Waals surface area contributed by atoms with E-state index >= 15 is 0 Å². The number of nitrogens with zero attached hydrogens (tertiary/aromatic N) is 6. The van der Waals surface area contributed by atoms with Crippen LogP contribution < -0.4 is 4.90 Å². The van der Waals surface area contributed by atoms with E-state index in [4.69, 9.17) is 4.42 Å². The molecule has 8 nitrogen and oxygen atoms in total. The molecule has 1 aromatic carbocycles. The number of pyridine rings is 1. The molecule has 6 rings (SSSR count). The predicted octanol–water partition coefficient (Wildman–Crippen LogP) is 3.54. The summed E-state index contributed by atoms with van der Waals surface area (Å²) in [4.78, 5) is 9.55. The van der Waals surface area contributed by atoms with E-state index in [9.17, 15) is 8.78 Å². The van der Waals surface area contributed by atoms with Crippen molar-refractivity contribution < 1.29 is 13.2 Å². The molecule has 0 fully saturated rings. The first-order chi connectivity index (χ1) is 15.2. The van der Waals surface area contributed by atoms with Gasteiger partial charge < -0.3 is 14.3 Å². The van der Waals surface area contributed by atoms with E-state index in [0.29, 0.717) is 29.7 Å². The smallest absolute Gasteiger partial charge is 0.319 e. The van der Waals surface area contributed by atoms with Crippen molar-refractivity contribution >= 4 is 11.5 Å². The largest absolute Gasteiger partial charge is 0.403 e. The third kappa shape index (κ3) is 2.87. The molecule has 1 aliphatic heterocycles. The van der Waals surface area contributed by atoms with Crippen LogP contribution in [0.2, 0.25) is 0 Å². The Hall–Kier alpha value is -4.08. The number of imidazole rings is 1. The minimum Gasteiger partial charge on any atom is -0.403 e. The van der Waals surface area contributed by atoms with Gasteiger partial charge in [0.2, 0.25) is 5.89 Å². The van der Waals surface area contributed by atoms with Crippen LogP contribution in [0.3, 0.4) is 0 Å². The van der Waals surface area contributed by atoms with Crippen LogP contribution in [0.25, 0.3) is 17.0 Å². The molecule has 1 unspecified atom stereocenters. The standard InChI is InChI=1S/C21H15F2N7O/c22-13-5-3-12(4-6-13)20-26-27-21(31-20)29-9-7-15-18(25-11-24-15)19(29)16-10-17-14(23)2-1-8-30(17)28-16/h1-6,8,10-11,19H,7,9H2,(H,24,25). The van der Waals surface area contributed by atoms with Crippen LogP contribution in [0.1, 0.15) is 23.1 Å². The molecule has 5 aromatic rings. The van der Waals surface area contributed by atoms with Crippen LogP contribution in [-0.2, 0) is 6.42 Å². The van der Waals surface area contributed by atoms with Gasteiger partial charge >= 0.3 is 6.01 Å². The Labute approximate surface area is 174 Å². The number of H-pyrrole nitrogens is 1. The summed E-state index contributed by atoms with van der Waals surface area (Å²) in [5.74, 6) is -0.422. The molecule has 31 heavy (non-hydrogen) atoms. The van der Waals surface area contributed by atoms with Gasteiger partial charge in [-0.05, 0) is 42.5 Å². The summed E-state index contributed by atoms with van der Waals surface area (Å²) < 4.78 is 34.9. The molecule has 1 aliphatic rings. The highest BCUT2D eigenvalue weighted by Gasteiger charge is 2.36. The zero-order valence-electron chi connectivity index (χ0n) is 16.0. The van der Waals surface area contributed by atoms with E-state index in [2.05, 4.69) is 25.3 Å². The normalized spacial score (nSPS) is 16.1. The summed E-state index contributed by atoms with van der Waals surface area (Å²) in [5.41, 5.74) is 3.36. The van der Waals surface area contributed by atoms with Crippen molar-refractivity contribution in [2.24, 2.45) is 0 Å². The Morgan fingerprint density at radius 2 is 1.97 bits per heavy atom. The van der Waals surface area contributed by atoms with E-state index in [0.717, 1.165) is 11.4 Å². The summed E-state index contributed by atoms with van der Waals surface area (Å²) in [7, 11) is 0. The molecule has 1 N–H and O–H groups in total. The second-order valence-electron chi connectivity index (χ2n) is 7.26. The molecule has 154 valence electrons. The van der Waals surface area contributed by atoms with E-state index in [1.54, 1.807) is 36.8 Å². The number of aromatic nitrogens is 6. The Balaban J connectivity index is 1.44. The SMILES string of the molecule is Fc1ccc(-c2nnc(N3CCc4[nH]cnc4C3c3cc4c(F)cccn4n3)o2)cc1. The molecule has 0 amide bonds. The van der Waals surface area contributed by atoms with E-state index in [-0.39, 0.29) is 23.5 Å². The fourth-order valence-corrected chi connectivity index (χ4v) is 3.96. The van der Waals surface area contributed by atoms with Crippen LogP contribution in [0.4, 0.5) is 14.8 Å². The fourth-order valence-electron chi connectivity index (χ4n) is 3.96. The van der Waals surface area contributed by atoms with Crippen LogP contribution >= 0.6 is 0 Å². The first-order valence-corrected chi connectivity index (χ1v) is 9.69. The second-order valence-corrected chi connectivity index (χ2v) is 7.26. The van der Waals surface area contributed by atoms with E-state index in [1.807, 2.05) is 4.90 Å². The van der Waals surface area contributed by atoms with Gasteiger partial charge in [0, 0.05) is 30.4 Å². The van der Waals surface area contributed by atoms with Crippen molar-refractivity contribution in [2.45, 2.75) is 12.5 Å². The minimum atomic E-state index is -0.434. The Kier molecular flexibility index (Phi) is 3.85. The summed E-state index contributed by atoms with van der Waals surface area (Å²) >= 11 is 0. The molecule has 0 spiro atoms. The maximum absolute atomic E-state index is 14.3. The molecular formula is C21H15F2N7O. The summed E-state index contributed by atoms with van der Waals surface area (Å²) in [6.45, 7) is 0.571. The number of halogens is 2. The lowest BCUT2D eigenvalue weighted by molar-refractivity contribution is 0.503. The predicted molar refractivity (Wildman–Crippen MR) is 106 cm³/mol. The highest BCUT2D eigenvalue weighted by atomic mass is 19.1. The van der Waals surface area contributed by atoms with Gasteiger partial charge in [-0.25, -0.2) is 18.3 Å². The average Bonchev–Trinajstić information content (AvgIpc) is 3.52. The molecule has 0 bridgehead atoms. The molecule has 1 atom stereocenters. The fraction of sp³-hybridized carbons (Fsp3) is 0.143. The van der Waals surface area contributed by atoms with Crippen molar-refractivity contribution in [2.75, 3.05) is 11.4 Å². The van der Waals surface area contributed by atoms with Crippen LogP contribution in [-0.4, -0.2) is 36.3 Å². The zero-order chi connectivity index (χ0) is 20.9. The van der Waals surface area contributed by atoms with Crippen molar-refractivity contribution in [3.05, 3.63) is 83.7 Å². The van der Waals surface area contributed by atoms with E-state index < -0.39 is 6.04 Å². The van der Waals surface area contributed by atoms with Gasteiger partial charge in [0.15, 0.2) is 0 Å². The molecular weight excluding hydrogens is 404 g/mol. The third-order valence-corrected chi connectivity index (χ3v) is 5.43. The summed E-state index contributed by atoms with van der Waals surface area (Å²) in [5, 5.41) is 12.9. The van der Waals surface area contributed by atoms with Crippen molar-refractivity contribution in [3.63, 3.8) is 0 Å². The Morgan fingerprint density at radius 3 is 2.81 bits per heavy atom. The Morgan fingerprint density at radius 1 is 1.10 bits per heavy atom. The third-order valence-electron chi connectivity index (χ3n) is 5.43. The lowest BCUT2D eigenvalue weighted by atomic mass is 10.0. The number of rotatable bonds is 3. The molecule has 0 radical (unpaired) electrons. The maximum atomic E-state index is 14.3. The van der Waals surface area contributed by atoms with Gasteiger partial charge in [0.1, 0.15) is 23.2 Å². The van der Waals surface area contributed by atoms with Gasteiger partial charge in [0.25, 0.3) is 0 Å². The minimum absolute atomic E-state index is 0.280. The lowest BCUT2D eigenvalue weighted by Crippen LogP contribution is -2.36. The van der Waals surface area contributed by atoms with Gasteiger partial charge in [-0.1, -0.05) is 5.10 Å². The average molecular weight is 419 g/mol. The topological polar surface area (TPSA) is 88.1 Å². The lowest BCUT2D eigenvalue weighted by Gasteiger charge is -2.32. The van der Waals surface area contributed by atoms with Gasteiger partial charge in [-0.3, -0.25) is 0 Å². The number of anilines is 1. The number of benzene rings is 1. The number of hydrogen-bond donors (Lipinski definition) is 1. The van der Waals surface area contributed by atoms with Gasteiger partial charge in [-0.2, -0.15) is 5.10 Å². The molecule has 0 aliphatic carbocycles. The highest BCUT2D eigenvalue weighted by molar-refractivity contribution is 5.55. The number of nitrogens with one attached hydrogen (secondary N) is 1. The molecule has 0 saturated carbocycles. The molecule has 4 aromatic heterocycles. The first-order valence-electron chi connectivity index (χ1n) is 9.69. The second kappa shape index (κ2) is 6.73.